The zero-order valence-corrected chi connectivity index (χ0v) is 16.9. The first-order valence-electron chi connectivity index (χ1n) is 7.59. The van der Waals surface area contributed by atoms with Crippen LogP contribution in [0.1, 0.15) is 5.69 Å². The molecular weight excluding hydrogens is 434 g/mol. The molecule has 1 aromatic carbocycles. The molecule has 0 saturated carbocycles. The Labute approximate surface area is 175 Å². The minimum atomic E-state index is -0.419. The Balaban J connectivity index is 1.76. The van der Waals surface area contributed by atoms with Crippen LogP contribution in [0.3, 0.4) is 0 Å². The van der Waals surface area contributed by atoms with Crippen LogP contribution in [0, 0.1) is 6.92 Å². The molecule has 140 valence electrons. The third-order valence-corrected chi connectivity index (χ3v) is 4.37. The summed E-state index contributed by atoms with van der Waals surface area (Å²) in [6, 6.07) is 7.96. The van der Waals surface area contributed by atoms with Gasteiger partial charge in [0.2, 0.25) is 0 Å². The molecule has 3 rings (SSSR count). The molecule has 0 aliphatic rings. The largest absolute Gasteiger partial charge is 0.482 e. The average Bonchev–Trinajstić information content (AvgIpc) is 2.95. The van der Waals surface area contributed by atoms with E-state index in [1.54, 1.807) is 25.1 Å². The minimum Gasteiger partial charge on any atom is -0.482 e. The normalized spacial score (nSPS) is 10.7. The summed E-state index contributed by atoms with van der Waals surface area (Å²) in [4.78, 5) is 16.5. The fourth-order valence-corrected chi connectivity index (χ4v) is 3.02. The molecule has 0 radical (unpaired) electrons. The number of amides is 1. The van der Waals surface area contributed by atoms with Crippen molar-refractivity contribution in [2.24, 2.45) is 0 Å². The molecule has 27 heavy (non-hydrogen) atoms. The van der Waals surface area contributed by atoms with Crippen LogP contribution < -0.4 is 10.1 Å². The molecule has 1 amide bonds. The van der Waals surface area contributed by atoms with Gasteiger partial charge in [0.15, 0.2) is 12.4 Å². The van der Waals surface area contributed by atoms with Gasteiger partial charge in [-0.05, 0) is 25.1 Å². The second-order valence-electron chi connectivity index (χ2n) is 5.45. The highest BCUT2D eigenvalue weighted by Gasteiger charge is 2.15. The van der Waals surface area contributed by atoms with E-state index in [1.807, 2.05) is 0 Å². The Hall–Kier alpha value is -1.99. The summed E-state index contributed by atoms with van der Waals surface area (Å²) in [7, 11) is 0. The Morgan fingerprint density at radius 2 is 1.89 bits per heavy atom. The number of ether oxygens (including phenoxy) is 1. The number of aryl methyl sites for hydroxylation is 1. The van der Waals surface area contributed by atoms with Crippen molar-refractivity contribution in [3.63, 3.8) is 0 Å². The van der Waals surface area contributed by atoms with Gasteiger partial charge in [-0.1, -0.05) is 46.4 Å². The van der Waals surface area contributed by atoms with Gasteiger partial charge in [0.25, 0.3) is 5.91 Å². The first-order chi connectivity index (χ1) is 12.8. The summed E-state index contributed by atoms with van der Waals surface area (Å²) in [5.74, 6) is 0.613. The molecule has 0 saturated heterocycles. The fraction of sp³-hybridized carbons (Fsp3) is 0.118. The van der Waals surface area contributed by atoms with E-state index >= 15 is 0 Å². The Morgan fingerprint density at radius 1 is 1.11 bits per heavy atom. The Bertz CT molecular complexity index is 1010. The Kier molecular flexibility index (Phi) is 6.11. The molecule has 0 aliphatic heterocycles. The van der Waals surface area contributed by atoms with Gasteiger partial charge in [-0.15, -0.1) is 0 Å². The molecule has 0 aliphatic carbocycles. The van der Waals surface area contributed by atoms with Gasteiger partial charge in [-0.25, -0.2) is 4.98 Å². The number of benzene rings is 1. The quantitative estimate of drug-likeness (QED) is 0.585. The fourth-order valence-electron chi connectivity index (χ4n) is 2.22. The second-order valence-corrected chi connectivity index (χ2v) is 7.14. The topological polar surface area (TPSA) is 69.0 Å². The van der Waals surface area contributed by atoms with Gasteiger partial charge in [0.1, 0.15) is 11.6 Å². The van der Waals surface area contributed by atoms with Crippen molar-refractivity contribution in [1.29, 1.82) is 0 Å². The summed E-state index contributed by atoms with van der Waals surface area (Å²) < 4.78 is 6.84. The van der Waals surface area contributed by atoms with Crippen LogP contribution in [0.4, 0.5) is 5.82 Å². The molecule has 3 aromatic rings. The van der Waals surface area contributed by atoms with Crippen LogP contribution in [0.2, 0.25) is 20.1 Å². The lowest BCUT2D eigenvalue weighted by Crippen LogP contribution is -2.22. The van der Waals surface area contributed by atoms with Crippen LogP contribution >= 0.6 is 46.4 Å². The first-order valence-corrected chi connectivity index (χ1v) is 9.10. The van der Waals surface area contributed by atoms with Crippen molar-refractivity contribution in [3.8, 4) is 11.6 Å². The standard InChI is InChI=1S/C17H12Cl4N4O2/c1-9-4-15(25(24-9)17-13(21)5-11(19)7-22-17)23-16(26)8-27-14-6-10(18)2-3-12(14)20/h2-7H,8H2,1H3,(H,23,26). The molecule has 2 heterocycles. The van der Waals surface area contributed by atoms with Gasteiger partial charge >= 0.3 is 0 Å². The Morgan fingerprint density at radius 3 is 2.63 bits per heavy atom. The van der Waals surface area contributed by atoms with Crippen molar-refractivity contribution in [2.45, 2.75) is 6.92 Å². The van der Waals surface area contributed by atoms with E-state index in [4.69, 9.17) is 51.1 Å². The molecular formula is C17H12Cl4N4O2. The molecule has 0 unspecified atom stereocenters. The predicted octanol–water partition coefficient (Wildman–Crippen LogP) is 5.21. The third kappa shape index (κ3) is 4.84. The van der Waals surface area contributed by atoms with Crippen molar-refractivity contribution in [3.05, 3.63) is 62.3 Å². The molecule has 6 nitrogen and oxygen atoms in total. The van der Waals surface area contributed by atoms with Crippen molar-refractivity contribution in [2.75, 3.05) is 11.9 Å². The van der Waals surface area contributed by atoms with E-state index in [2.05, 4.69) is 15.4 Å². The number of rotatable bonds is 5. The molecule has 2 aromatic heterocycles. The van der Waals surface area contributed by atoms with Crippen LogP contribution in [0.5, 0.6) is 5.75 Å². The number of halogens is 4. The van der Waals surface area contributed by atoms with Gasteiger partial charge in [0.05, 0.1) is 20.8 Å². The maximum atomic E-state index is 12.3. The number of hydrogen-bond acceptors (Lipinski definition) is 4. The summed E-state index contributed by atoms with van der Waals surface area (Å²) >= 11 is 24.0. The van der Waals surface area contributed by atoms with Crippen LogP contribution in [-0.2, 0) is 4.79 Å². The molecule has 0 bridgehead atoms. The monoisotopic (exact) mass is 444 g/mol. The second kappa shape index (κ2) is 8.35. The number of aromatic nitrogens is 3. The summed E-state index contributed by atoms with van der Waals surface area (Å²) in [6.07, 6.45) is 1.44. The summed E-state index contributed by atoms with van der Waals surface area (Å²) in [6.45, 7) is 1.50. The number of carbonyl (C=O) groups excluding carboxylic acids is 1. The zero-order valence-electron chi connectivity index (χ0n) is 13.8. The lowest BCUT2D eigenvalue weighted by molar-refractivity contribution is -0.118. The maximum absolute atomic E-state index is 12.3. The molecule has 0 fully saturated rings. The highest BCUT2D eigenvalue weighted by Crippen LogP contribution is 2.28. The van der Waals surface area contributed by atoms with Gasteiger partial charge in [-0.3, -0.25) is 4.79 Å². The predicted molar refractivity (Wildman–Crippen MR) is 107 cm³/mol. The van der Waals surface area contributed by atoms with Crippen LogP contribution in [-0.4, -0.2) is 27.3 Å². The lowest BCUT2D eigenvalue weighted by Gasteiger charge is -2.11. The smallest absolute Gasteiger partial charge is 0.263 e. The molecule has 10 heteroatoms. The number of pyridine rings is 1. The molecule has 0 atom stereocenters. The van der Waals surface area contributed by atoms with E-state index in [-0.39, 0.29) is 6.61 Å². The van der Waals surface area contributed by atoms with Crippen LogP contribution in [0.15, 0.2) is 36.5 Å². The molecule has 1 N–H and O–H groups in total. The highest BCUT2D eigenvalue weighted by molar-refractivity contribution is 6.35. The lowest BCUT2D eigenvalue weighted by atomic mass is 10.3. The van der Waals surface area contributed by atoms with Gasteiger partial charge in [-0.2, -0.15) is 9.78 Å². The summed E-state index contributed by atoms with van der Waals surface area (Å²) in [5.41, 5.74) is 0.664. The molecule has 0 spiro atoms. The number of nitrogens with zero attached hydrogens (tertiary/aromatic N) is 3. The average molecular weight is 446 g/mol. The summed E-state index contributed by atoms with van der Waals surface area (Å²) in [5, 5.41) is 8.50. The van der Waals surface area contributed by atoms with E-state index in [0.717, 1.165) is 0 Å². The number of hydrogen-bond donors (Lipinski definition) is 1. The number of anilines is 1. The minimum absolute atomic E-state index is 0.272. The zero-order chi connectivity index (χ0) is 19.6. The van der Waals surface area contributed by atoms with Crippen LogP contribution in [0.25, 0.3) is 5.82 Å². The van der Waals surface area contributed by atoms with Crippen molar-refractivity contribution >= 4 is 58.1 Å². The van der Waals surface area contributed by atoms with Crippen molar-refractivity contribution in [1.82, 2.24) is 14.8 Å². The van der Waals surface area contributed by atoms with Gasteiger partial charge in [0, 0.05) is 23.4 Å². The van der Waals surface area contributed by atoms with Crippen molar-refractivity contribution < 1.29 is 9.53 Å². The third-order valence-electron chi connectivity index (χ3n) is 3.34. The van der Waals surface area contributed by atoms with E-state index in [0.29, 0.717) is 43.2 Å². The van der Waals surface area contributed by atoms with E-state index in [9.17, 15) is 4.79 Å². The first kappa shape index (κ1) is 19.8. The highest BCUT2D eigenvalue weighted by atomic mass is 35.5. The SMILES string of the molecule is Cc1cc(NC(=O)COc2cc(Cl)ccc2Cl)n(-c2ncc(Cl)cc2Cl)n1. The number of nitrogens with one attached hydrogen (secondary N) is 1. The number of carbonyl (C=O) groups is 1. The van der Waals surface area contributed by atoms with E-state index in [1.165, 1.54) is 23.0 Å². The maximum Gasteiger partial charge on any atom is 0.263 e. The van der Waals surface area contributed by atoms with Gasteiger partial charge < -0.3 is 10.1 Å². The van der Waals surface area contributed by atoms with E-state index < -0.39 is 5.91 Å².